The molecule has 0 fully saturated rings. The van der Waals surface area contributed by atoms with E-state index in [2.05, 4.69) is 0 Å². The molecule has 0 heterocycles. The van der Waals surface area contributed by atoms with Crippen LogP contribution in [-0.2, 0) is 6.42 Å². The Morgan fingerprint density at radius 1 is 1.47 bits per heavy atom. The van der Waals surface area contributed by atoms with E-state index in [1.54, 1.807) is 13.2 Å². The summed E-state index contributed by atoms with van der Waals surface area (Å²) < 4.78 is 5.08. The number of carbonyl (C=O) groups is 1. The third kappa shape index (κ3) is 1.88. The van der Waals surface area contributed by atoms with Gasteiger partial charge in [0.1, 0.15) is 5.75 Å². The molecular weight excluding hydrogens is 192 g/mol. The van der Waals surface area contributed by atoms with Crippen molar-refractivity contribution in [1.82, 2.24) is 0 Å². The Balaban J connectivity index is 2.37. The van der Waals surface area contributed by atoms with E-state index in [-0.39, 0.29) is 18.3 Å². The fourth-order valence-corrected chi connectivity index (χ4v) is 2.00. The van der Waals surface area contributed by atoms with Crippen LogP contribution in [0.2, 0.25) is 0 Å². The van der Waals surface area contributed by atoms with Crippen LogP contribution in [-0.4, -0.2) is 24.6 Å². The van der Waals surface area contributed by atoms with Gasteiger partial charge in [-0.3, -0.25) is 4.79 Å². The van der Waals surface area contributed by atoms with Crippen molar-refractivity contribution in [3.8, 4) is 5.75 Å². The highest BCUT2D eigenvalue weighted by molar-refractivity contribution is 5.99. The zero-order valence-corrected chi connectivity index (χ0v) is 8.69. The normalized spacial score (nSPS) is 19.9. The lowest BCUT2D eigenvalue weighted by atomic mass is 9.83. The summed E-state index contributed by atoms with van der Waals surface area (Å²) in [6.07, 6.45) is 1.22. The molecule has 0 aliphatic heterocycles. The van der Waals surface area contributed by atoms with Crippen molar-refractivity contribution < 1.29 is 14.6 Å². The third-order valence-corrected chi connectivity index (χ3v) is 2.86. The lowest BCUT2D eigenvalue weighted by Crippen LogP contribution is -2.22. The van der Waals surface area contributed by atoms with Crippen molar-refractivity contribution in [3.63, 3.8) is 0 Å². The fourth-order valence-electron chi connectivity index (χ4n) is 2.00. The zero-order valence-electron chi connectivity index (χ0n) is 8.69. The van der Waals surface area contributed by atoms with Gasteiger partial charge in [-0.25, -0.2) is 0 Å². The number of aliphatic hydroxyl groups excluding tert-OH is 1. The largest absolute Gasteiger partial charge is 0.497 e. The van der Waals surface area contributed by atoms with E-state index >= 15 is 0 Å². The van der Waals surface area contributed by atoms with Crippen LogP contribution < -0.4 is 4.74 Å². The van der Waals surface area contributed by atoms with Gasteiger partial charge >= 0.3 is 0 Å². The van der Waals surface area contributed by atoms with Crippen molar-refractivity contribution in [1.29, 1.82) is 0 Å². The van der Waals surface area contributed by atoms with E-state index in [4.69, 9.17) is 9.84 Å². The highest BCUT2D eigenvalue weighted by Gasteiger charge is 2.24. The van der Waals surface area contributed by atoms with Crippen molar-refractivity contribution in [2.24, 2.45) is 5.92 Å². The van der Waals surface area contributed by atoms with Crippen LogP contribution in [0.25, 0.3) is 0 Å². The molecule has 1 N–H and O–H groups in total. The lowest BCUT2D eigenvalue weighted by Gasteiger charge is -2.22. The first-order chi connectivity index (χ1) is 7.24. The van der Waals surface area contributed by atoms with Crippen LogP contribution >= 0.6 is 0 Å². The Kier molecular flexibility index (Phi) is 2.73. The highest BCUT2D eigenvalue weighted by atomic mass is 16.5. The maximum Gasteiger partial charge on any atom is 0.163 e. The Hall–Kier alpha value is -1.35. The van der Waals surface area contributed by atoms with Crippen molar-refractivity contribution in [2.75, 3.05) is 13.7 Å². The number of fused-ring (bicyclic) bond motifs is 1. The third-order valence-electron chi connectivity index (χ3n) is 2.86. The van der Waals surface area contributed by atoms with Crippen LogP contribution in [0.1, 0.15) is 22.3 Å². The van der Waals surface area contributed by atoms with E-state index in [0.29, 0.717) is 12.2 Å². The van der Waals surface area contributed by atoms with Crippen LogP contribution in [0, 0.1) is 5.92 Å². The minimum Gasteiger partial charge on any atom is -0.497 e. The molecule has 0 bridgehead atoms. The SMILES string of the molecule is COc1ccc2c(c1)C(=O)C[C@@H](CO)C2. The second-order valence-electron chi connectivity index (χ2n) is 3.90. The van der Waals surface area contributed by atoms with Crippen molar-refractivity contribution in [2.45, 2.75) is 12.8 Å². The first kappa shape index (κ1) is 10.2. The second-order valence-corrected chi connectivity index (χ2v) is 3.90. The van der Waals surface area contributed by atoms with Crippen LogP contribution in [0.5, 0.6) is 5.75 Å². The molecule has 3 nitrogen and oxygen atoms in total. The maximum atomic E-state index is 11.8. The predicted molar refractivity (Wildman–Crippen MR) is 56.2 cm³/mol. The summed E-state index contributed by atoms with van der Waals surface area (Å²) >= 11 is 0. The molecule has 15 heavy (non-hydrogen) atoms. The number of rotatable bonds is 2. The van der Waals surface area contributed by atoms with E-state index in [0.717, 1.165) is 17.5 Å². The number of carbonyl (C=O) groups excluding carboxylic acids is 1. The Labute approximate surface area is 88.7 Å². The average Bonchev–Trinajstić information content (AvgIpc) is 2.28. The molecule has 0 aromatic heterocycles. The predicted octanol–water partition coefficient (Wildman–Crippen LogP) is 1.43. The average molecular weight is 206 g/mol. The number of Topliss-reactive ketones (excluding diaryl/α,β-unsaturated/α-hetero) is 1. The van der Waals surface area contributed by atoms with Crippen molar-refractivity contribution >= 4 is 5.78 Å². The molecule has 2 rings (SSSR count). The number of benzene rings is 1. The Bertz CT molecular complexity index is 384. The molecule has 1 atom stereocenters. The van der Waals surface area contributed by atoms with Gasteiger partial charge in [0, 0.05) is 18.6 Å². The molecule has 1 aliphatic carbocycles. The molecule has 3 heteroatoms. The first-order valence-electron chi connectivity index (χ1n) is 5.05. The summed E-state index contributed by atoms with van der Waals surface area (Å²) in [4.78, 5) is 11.8. The molecule has 0 amide bonds. The van der Waals surface area contributed by atoms with E-state index in [9.17, 15) is 4.79 Å². The molecule has 0 spiro atoms. The minimum atomic E-state index is 0.0806. The smallest absolute Gasteiger partial charge is 0.163 e. The number of ketones is 1. The van der Waals surface area contributed by atoms with Crippen LogP contribution in [0.4, 0.5) is 0 Å². The Morgan fingerprint density at radius 2 is 2.27 bits per heavy atom. The molecule has 0 radical (unpaired) electrons. The minimum absolute atomic E-state index is 0.0806. The summed E-state index contributed by atoms with van der Waals surface area (Å²) in [6.45, 7) is 0.0806. The zero-order chi connectivity index (χ0) is 10.8. The maximum absolute atomic E-state index is 11.8. The van der Waals surface area contributed by atoms with E-state index < -0.39 is 0 Å². The van der Waals surface area contributed by atoms with E-state index in [1.807, 2.05) is 12.1 Å². The van der Waals surface area contributed by atoms with Gasteiger partial charge in [-0.05, 0) is 30.0 Å². The molecule has 80 valence electrons. The molecule has 1 aromatic carbocycles. The summed E-state index contributed by atoms with van der Waals surface area (Å²) in [6, 6.07) is 5.55. The standard InChI is InChI=1S/C12H14O3/c1-15-10-3-2-9-4-8(7-13)5-12(14)11(9)6-10/h2-3,6,8,13H,4-5,7H2,1H3/t8-/m0/s1. The second kappa shape index (κ2) is 4.03. The molecule has 0 saturated heterocycles. The van der Waals surface area contributed by atoms with Gasteiger partial charge in [-0.15, -0.1) is 0 Å². The van der Waals surface area contributed by atoms with Gasteiger partial charge in [0.25, 0.3) is 0 Å². The molecule has 1 aromatic rings. The van der Waals surface area contributed by atoms with Crippen LogP contribution in [0.15, 0.2) is 18.2 Å². The number of hydrogen-bond acceptors (Lipinski definition) is 3. The number of methoxy groups -OCH3 is 1. The molecule has 0 unspecified atom stereocenters. The van der Waals surface area contributed by atoms with Gasteiger partial charge in [0.15, 0.2) is 5.78 Å². The van der Waals surface area contributed by atoms with Gasteiger partial charge < -0.3 is 9.84 Å². The first-order valence-corrected chi connectivity index (χ1v) is 5.05. The van der Waals surface area contributed by atoms with Gasteiger partial charge in [-0.2, -0.15) is 0 Å². The summed E-state index contributed by atoms with van der Waals surface area (Å²) in [5, 5.41) is 9.06. The molecule has 0 saturated carbocycles. The highest BCUT2D eigenvalue weighted by Crippen LogP contribution is 2.28. The molecular formula is C12H14O3. The topological polar surface area (TPSA) is 46.5 Å². The van der Waals surface area contributed by atoms with Gasteiger partial charge in [0.05, 0.1) is 7.11 Å². The van der Waals surface area contributed by atoms with Crippen molar-refractivity contribution in [3.05, 3.63) is 29.3 Å². The summed E-state index contributed by atoms with van der Waals surface area (Å²) in [5.41, 5.74) is 1.77. The molecule has 1 aliphatic rings. The van der Waals surface area contributed by atoms with Crippen LogP contribution in [0.3, 0.4) is 0 Å². The van der Waals surface area contributed by atoms with Gasteiger partial charge in [-0.1, -0.05) is 6.07 Å². The Morgan fingerprint density at radius 3 is 2.93 bits per heavy atom. The van der Waals surface area contributed by atoms with E-state index in [1.165, 1.54) is 0 Å². The quantitative estimate of drug-likeness (QED) is 0.796. The number of hydrogen-bond donors (Lipinski definition) is 1. The number of aliphatic hydroxyl groups is 1. The monoisotopic (exact) mass is 206 g/mol. The fraction of sp³-hybridized carbons (Fsp3) is 0.417. The van der Waals surface area contributed by atoms with Gasteiger partial charge in [0.2, 0.25) is 0 Å². The summed E-state index contributed by atoms with van der Waals surface area (Å²) in [7, 11) is 1.59. The lowest BCUT2D eigenvalue weighted by molar-refractivity contribution is 0.0918. The summed E-state index contributed by atoms with van der Waals surface area (Å²) in [5.74, 6) is 0.900. The number of ether oxygens (including phenoxy) is 1.